The number of rotatable bonds is 4. The Hall–Kier alpha value is -3.31. The van der Waals surface area contributed by atoms with Crippen molar-refractivity contribution < 1.29 is 13.9 Å². The Bertz CT molecular complexity index is 1090. The van der Waals surface area contributed by atoms with Crippen molar-refractivity contribution in [2.75, 3.05) is 6.61 Å². The molecule has 0 radical (unpaired) electrons. The zero-order chi connectivity index (χ0) is 22.1. The first kappa shape index (κ1) is 20.9. The molecule has 31 heavy (non-hydrogen) atoms. The van der Waals surface area contributed by atoms with Crippen LogP contribution in [0.25, 0.3) is 0 Å². The van der Waals surface area contributed by atoms with Gasteiger partial charge in [0.1, 0.15) is 12.4 Å². The minimum Gasteiger partial charge on any atom is -0.363 e. The maximum absolute atomic E-state index is 15.0. The van der Waals surface area contributed by atoms with Gasteiger partial charge in [0, 0.05) is 16.7 Å². The molecule has 1 aliphatic heterocycles. The monoisotopic (exact) mass is 416 g/mol. The molecule has 3 aromatic carbocycles. The highest BCUT2D eigenvalue weighted by molar-refractivity contribution is 6.13. The third kappa shape index (κ3) is 4.01. The van der Waals surface area contributed by atoms with Crippen LogP contribution >= 0.6 is 0 Å². The Kier molecular flexibility index (Phi) is 5.46. The lowest BCUT2D eigenvalue weighted by molar-refractivity contribution is -0.159. The van der Waals surface area contributed by atoms with Crippen LogP contribution in [0.2, 0.25) is 0 Å². The molecule has 1 heterocycles. The number of carbonyl (C=O) groups is 1. The number of nitrogens with one attached hydrogen (secondary N) is 1. The molecule has 0 spiro atoms. The van der Waals surface area contributed by atoms with E-state index in [9.17, 15) is 9.18 Å². The van der Waals surface area contributed by atoms with Crippen molar-refractivity contribution in [3.63, 3.8) is 0 Å². The third-order valence-corrected chi connectivity index (χ3v) is 5.98. The molecule has 1 N–H and O–H groups in total. The Morgan fingerprint density at radius 1 is 0.935 bits per heavy atom. The Morgan fingerprint density at radius 3 is 2.10 bits per heavy atom. The van der Waals surface area contributed by atoms with Gasteiger partial charge in [0.2, 0.25) is 5.91 Å². The van der Waals surface area contributed by atoms with Gasteiger partial charge < -0.3 is 10.1 Å². The molecule has 4 nitrogen and oxygen atoms in total. The van der Waals surface area contributed by atoms with Crippen LogP contribution in [0.3, 0.4) is 0 Å². The first-order valence-corrected chi connectivity index (χ1v) is 10.2. The maximum atomic E-state index is 15.0. The van der Waals surface area contributed by atoms with E-state index in [1.165, 1.54) is 6.07 Å². The number of aliphatic imine (C=N–C) groups is 1. The number of halogens is 1. The van der Waals surface area contributed by atoms with E-state index < -0.39 is 17.0 Å². The summed E-state index contributed by atoms with van der Waals surface area (Å²) in [6.45, 7) is 5.43. The van der Waals surface area contributed by atoms with Crippen LogP contribution in [0.4, 0.5) is 10.1 Å². The van der Waals surface area contributed by atoms with E-state index in [2.05, 4.69) is 5.32 Å². The number of carbonyl (C=O) groups excluding carboxylic acids is 1. The second-order valence-electron chi connectivity index (χ2n) is 8.33. The van der Waals surface area contributed by atoms with Gasteiger partial charge in [0.05, 0.1) is 22.5 Å². The molecule has 0 saturated carbocycles. The molecule has 1 amide bonds. The highest BCUT2D eigenvalue weighted by Gasteiger charge is 2.49. The minimum absolute atomic E-state index is 0.0474. The summed E-state index contributed by atoms with van der Waals surface area (Å²) in [6, 6.07) is 24.5. The lowest BCUT2D eigenvalue weighted by Crippen LogP contribution is -2.64. The number of hydrogen-bond acceptors (Lipinski definition) is 3. The van der Waals surface area contributed by atoms with Crippen LogP contribution in [0.1, 0.15) is 37.5 Å². The minimum atomic E-state index is -1.04. The van der Waals surface area contributed by atoms with Gasteiger partial charge in [-0.3, -0.25) is 4.79 Å². The zero-order valence-corrected chi connectivity index (χ0v) is 17.9. The summed E-state index contributed by atoms with van der Waals surface area (Å²) in [6.07, 6.45) is 0. The molecule has 0 unspecified atom stereocenters. The molecule has 0 aliphatic carbocycles. The van der Waals surface area contributed by atoms with Crippen molar-refractivity contribution in [1.82, 2.24) is 5.32 Å². The molecule has 1 saturated heterocycles. The third-order valence-electron chi connectivity index (χ3n) is 5.98. The fourth-order valence-electron chi connectivity index (χ4n) is 3.83. The van der Waals surface area contributed by atoms with Crippen LogP contribution in [0, 0.1) is 5.82 Å². The fourth-order valence-corrected chi connectivity index (χ4v) is 3.83. The summed E-state index contributed by atoms with van der Waals surface area (Å²) in [5.74, 6) is -0.689. The normalized spacial score (nSPS) is 20.1. The Morgan fingerprint density at radius 2 is 1.52 bits per heavy atom. The van der Waals surface area contributed by atoms with Gasteiger partial charge in [0.25, 0.3) is 0 Å². The van der Waals surface area contributed by atoms with Crippen molar-refractivity contribution in [1.29, 1.82) is 0 Å². The molecular formula is C26H25FN2O2. The maximum Gasteiger partial charge on any atom is 0.246 e. The topological polar surface area (TPSA) is 50.7 Å². The van der Waals surface area contributed by atoms with Gasteiger partial charge in [-0.15, -0.1) is 0 Å². The SMILES string of the molecule is CC1(C)OCC(=O)N[C@]1(C)c1cc(N=C(c2ccccc2)c2ccccc2)ccc1F. The standard InChI is InChI=1S/C26H25FN2O2/c1-25(2)26(3,29-23(30)17-31-25)21-16-20(14-15-22(21)27)28-24(18-10-6-4-7-11-18)19-12-8-5-9-13-19/h4-16H,17H2,1-3H3,(H,29,30)/t26-/m1/s1. The van der Waals surface area contributed by atoms with Crippen molar-refractivity contribution in [2.45, 2.75) is 31.9 Å². The van der Waals surface area contributed by atoms with Crippen LogP contribution in [-0.4, -0.2) is 23.8 Å². The number of nitrogens with zero attached hydrogens (tertiary/aromatic N) is 1. The Balaban J connectivity index is 1.85. The fraction of sp³-hybridized carbons (Fsp3) is 0.231. The molecule has 1 aliphatic rings. The highest BCUT2D eigenvalue weighted by Crippen LogP contribution is 2.40. The number of benzene rings is 3. The molecule has 1 fully saturated rings. The molecule has 4 rings (SSSR count). The van der Waals surface area contributed by atoms with Gasteiger partial charge in [0.15, 0.2) is 0 Å². The first-order chi connectivity index (χ1) is 14.8. The summed E-state index contributed by atoms with van der Waals surface area (Å²) < 4.78 is 20.7. The quantitative estimate of drug-likeness (QED) is 0.599. The number of ether oxygens (including phenoxy) is 1. The van der Waals surface area contributed by atoms with Crippen LogP contribution in [-0.2, 0) is 15.1 Å². The molecule has 3 aromatic rings. The van der Waals surface area contributed by atoms with Gasteiger partial charge >= 0.3 is 0 Å². The Labute approximate surface area is 181 Å². The first-order valence-electron chi connectivity index (χ1n) is 10.2. The largest absolute Gasteiger partial charge is 0.363 e. The van der Waals surface area contributed by atoms with Crippen molar-refractivity contribution >= 4 is 17.3 Å². The van der Waals surface area contributed by atoms with Crippen molar-refractivity contribution in [2.24, 2.45) is 4.99 Å². The van der Waals surface area contributed by atoms with Crippen molar-refractivity contribution in [3.05, 3.63) is 101 Å². The predicted molar refractivity (Wildman–Crippen MR) is 120 cm³/mol. The van der Waals surface area contributed by atoms with Gasteiger partial charge in [-0.2, -0.15) is 0 Å². The lowest BCUT2D eigenvalue weighted by Gasteiger charge is -2.48. The molecule has 158 valence electrons. The molecule has 0 aromatic heterocycles. The summed E-state index contributed by atoms with van der Waals surface area (Å²) >= 11 is 0. The van der Waals surface area contributed by atoms with Crippen LogP contribution in [0.15, 0.2) is 83.9 Å². The van der Waals surface area contributed by atoms with Gasteiger partial charge in [-0.1, -0.05) is 60.7 Å². The molecular weight excluding hydrogens is 391 g/mol. The van der Waals surface area contributed by atoms with Gasteiger partial charge in [-0.05, 0) is 39.0 Å². The van der Waals surface area contributed by atoms with Crippen molar-refractivity contribution in [3.8, 4) is 0 Å². The summed E-state index contributed by atoms with van der Waals surface area (Å²) in [5, 5.41) is 2.93. The predicted octanol–water partition coefficient (Wildman–Crippen LogP) is 5.14. The molecule has 5 heteroatoms. The smallest absolute Gasteiger partial charge is 0.246 e. The second kappa shape index (κ2) is 8.08. The van der Waals surface area contributed by atoms with E-state index in [0.717, 1.165) is 16.8 Å². The average molecular weight is 416 g/mol. The van der Waals surface area contributed by atoms with E-state index in [-0.39, 0.29) is 12.5 Å². The van der Waals surface area contributed by atoms with E-state index in [4.69, 9.17) is 9.73 Å². The number of amides is 1. The second-order valence-corrected chi connectivity index (χ2v) is 8.33. The summed E-state index contributed by atoms with van der Waals surface area (Å²) in [4.78, 5) is 17.0. The van der Waals surface area contributed by atoms with E-state index >= 15 is 0 Å². The summed E-state index contributed by atoms with van der Waals surface area (Å²) in [7, 11) is 0. The van der Waals surface area contributed by atoms with E-state index in [1.54, 1.807) is 19.1 Å². The van der Waals surface area contributed by atoms with E-state index in [1.807, 2.05) is 74.5 Å². The number of hydrogen-bond donors (Lipinski definition) is 1. The van der Waals surface area contributed by atoms with Crippen LogP contribution < -0.4 is 5.32 Å². The van der Waals surface area contributed by atoms with Gasteiger partial charge in [-0.25, -0.2) is 9.38 Å². The van der Waals surface area contributed by atoms with E-state index in [0.29, 0.717) is 11.3 Å². The summed E-state index contributed by atoms with van der Waals surface area (Å²) in [5.41, 5.74) is 1.79. The highest BCUT2D eigenvalue weighted by atomic mass is 19.1. The molecule has 0 bridgehead atoms. The molecule has 1 atom stereocenters. The average Bonchev–Trinajstić information content (AvgIpc) is 2.77. The van der Waals surface area contributed by atoms with Crippen LogP contribution in [0.5, 0.6) is 0 Å². The lowest BCUT2D eigenvalue weighted by atomic mass is 9.76. The number of morpholine rings is 1. The zero-order valence-electron chi connectivity index (χ0n) is 17.9.